The van der Waals surface area contributed by atoms with Gasteiger partial charge in [0.25, 0.3) is 0 Å². The van der Waals surface area contributed by atoms with Gasteiger partial charge in [0.15, 0.2) is 0 Å². The molecule has 9 rings (SSSR count). The Bertz CT molecular complexity index is 2290. The molecule has 0 saturated carbocycles. The minimum Gasteiger partial charge on any atom is -0.306 e. The summed E-state index contributed by atoms with van der Waals surface area (Å²) in [6.07, 6.45) is 0. The molecule has 8 bridgehead atoms. The largest absolute Gasteiger partial charge is 0.306 e. The molecule has 2 aromatic heterocycles. The molecule has 1 aliphatic heterocycles. The van der Waals surface area contributed by atoms with Crippen molar-refractivity contribution in [2.75, 3.05) is 19.6 Å². The molecule has 0 unspecified atom stereocenters. The van der Waals surface area contributed by atoms with Gasteiger partial charge in [-0.3, -0.25) is 0 Å². The maximum Gasteiger partial charge on any atom is 0.236 e. The fourth-order valence-corrected chi connectivity index (χ4v) is 7.28. The molecule has 58 heavy (non-hydrogen) atoms. The Balaban J connectivity index is 1.30. The molecule has 0 atom stereocenters. The Hall–Kier alpha value is -6.88. The van der Waals surface area contributed by atoms with Crippen LogP contribution in [0.5, 0.6) is 0 Å². The summed E-state index contributed by atoms with van der Waals surface area (Å²) in [6, 6.07) is 57.1. The fraction of sp³-hybridized carbons (Fsp3) is 0.0870. The Morgan fingerprint density at radius 2 is 0.534 bits per heavy atom. The van der Waals surface area contributed by atoms with Crippen LogP contribution in [0.4, 0.5) is 46.5 Å². The Morgan fingerprint density at radius 1 is 0.293 bits per heavy atom. The number of fused-ring (bicyclic) bond motifs is 8. The molecule has 0 amide bonds. The van der Waals surface area contributed by atoms with Crippen LogP contribution in [0.25, 0.3) is 0 Å². The van der Waals surface area contributed by atoms with Gasteiger partial charge in [0.1, 0.15) is 0 Å². The van der Waals surface area contributed by atoms with Gasteiger partial charge in [-0.2, -0.15) is 29.9 Å². The van der Waals surface area contributed by atoms with Crippen LogP contribution in [-0.2, 0) is 26.2 Å². The first-order valence-electron chi connectivity index (χ1n) is 18.8. The smallest absolute Gasteiger partial charge is 0.236 e. The van der Waals surface area contributed by atoms with Gasteiger partial charge in [-0.1, -0.05) is 133 Å². The van der Waals surface area contributed by atoms with Crippen LogP contribution in [-0.4, -0.2) is 29.9 Å². The van der Waals surface area contributed by atoms with Crippen LogP contribution >= 0.6 is 23.2 Å². The molecule has 10 nitrogen and oxygen atoms in total. The van der Waals surface area contributed by atoms with Crippen LogP contribution in [0.2, 0.25) is 10.6 Å². The Kier molecular flexibility index (Phi) is 10.6. The first kappa shape index (κ1) is 36.7. The van der Waals surface area contributed by atoms with E-state index in [0.29, 0.717) is 50.0 Å². The van der Waals surface area contributed by atoms with Crippen molar-refractivity contribution in [2.24, 2.45) is 0 Å². The van der Waals surface area contributed by atoms with E-state index in [4.69, 9.17) is 53.1 Å². The molecule has 0 N–H and O–H groups in total. The summed E-state index contributed by atoms with van der Waals surface area (Å²) < 4.78 is 0. The predicted molar refractivity (Wildman–Crippen MR) is 232 cm³/mol. The van der Waals surface area contributed by atoms with Crippen molar-refractivity contribution in [3.8, 4) is 0 Å². The van der Waals surface area contributed by atoms with E-state index >= 15 is 0 Å². The molecule has 12 heteroatoms. The van der Waals surface area contributed by atoms with E-state index in [1.807, 2.05) is 129 Å². The highest BCUT2D eigenvalue weighted by molar-refractivity contribution is 6.28. The SMILES string of the molecule is Clc1nc2nc(n1)N(Cc1ccccc1)c1cccc(c1)N(Cc1ccccc1)c1nc(Cl)nc(n1)N(Cc1ccccc1)c1cccc(c1)N2Cc1ccccc1. The van der Waals surface area contributed by atoms with Crippen molar-refractivity contribution in [3.63, 3.8) is 0 Å². The third-order valence-corrected chi connectivity index (χ3v) is 10.1. The average Bonchev–Trinajstić information content (AvgIpc) is 3.26. The number of anilines is 8. The number of rotatable bonds is 8. The van der Waals surface area contributed by atoms with Crippen molar-refractivity contribution < 1.29 is 0 Å². The third kappa shape index (κ3) is 8.29. The van der Waals surface area contributed by atoms with Gasteiger partial charge in [0.2, 0.25) is 34.4 Å². The minimum absolute atomic E-state index is 0.0724. The van der Waals surface area contributed by atoms with Crippen LogP contribution in [0.1, 0.15) is 22.3 Å². The summed E-state index contributed by atoms with van der Waals surface area (Å²) in [5.41, 5.74) is 7.52. The zero-order valence-electron chi connectivity index (χ0n) is 31.2. The van der Waals surface area contributed by atoms with E-state index in [9.17, 15) is 0 Å². The van der Waals surface area contributed by atoms with E-state index in [2.05, 4.69) is 60.7 Å². The summed E-state index contributed by atoms with van der Waals surface area (Å²) >= 11 is 13.8. The maximum absolute atomic E-state index is 6.88. The van der Waals surface area contributed by atoms with Gasteiger partial charge < -0.3 is 19.6 Å². The minimum atomic E-state index is 0.0724. The van der Waals surface area contributed by atoms with E-state index in [1.165, 1.54) is 0 Å². The number of benzene rings is 6. The highest BCUT2D eigenvalue weighted by atomic mass is 35.5. The molecule has 6 aromatic carbocycles. The highest BCUT2D eigenvalue weighted by Gasteiger charge is 2.25. The van der Waals surface area contributed by atoms with Gasteiger partial charge in [0, 0.05) is 22.7 Å². The molecule has 0 radical (unpaired) electrons. The molecule has 0 fully saturated rings. The van der Waals surface area contributed by atoms with E-state index in [1.54, 1.807) is 0 Å². The normalized spacial score (nSPS) is 12.4. The Morgan fingerprint density at radius 3 is 0.776 bits per heavy atom. The van der Waals surface area contributed by atoms with Gasteiger partial charge in [-0.15, -0.1) is 0 Å². The number of halogens is 2. The predicted octanol–water partition coefficient (Wildman–Crippen LogP) is 11.0. The Labute approximate surface area is 346 Å². The first-order valence-corrected chi connectivity index (χ1v) is 19.6. The zero-order chi connectivity index (χ0) is 39.3. The fourth-order valence-electron chi connectivity index (χ4n) is 6.97. The maximum atomic E-state index is 6.88. The second kappa shape index (κ2) is 16.7. The van der Waals surface area contributed by atoms with Gasteiger partial charge >= 0.3 is 0 Å². The number of hydrogen-bond donors (Lipinski definition) is 0. The lowest BCUT2D eigenvalue weighted by Crippen LogP contribution is -2.26. The van der Waals surface area contributed by atoms with Crippen molar-refractivity contribution in [3.05, 3.63) is 203 Å². The van der Waals surface area contributed by atoms with Gasteiger partial charge in [0.05, 0.1) is 26.2 Å². The van der Waals surface area contributed by atoms with Crippen molar-refractivity contribution in [1.29, 1.82) is 0 Å². The lowest BCUT2D eigenvalue weighted by Gasteiger charge is -2.30. The van der Waals surface area contributed by atoms with E-state index in [0.717, 1.165) is 45.0 Å². The zero-order valence-corrected chi connectivity index (χ0v) is 32.7. The van der Waals surface area contributed by atoms with E-state index in [-0.39, 0.29) is 10.6 Å². The second-order valence-electron chi connectivity index (χ2n) is 13.7. The lowest BCUT2D eigenvalue weighted by molar-refractivity contribution is 0.842. The molecule has 0 aliphatic carbocycles. The summed E-state index contributed by atoms with van der Waals surface area (Å²) in [7, 11) is 0. The molecular formula is C46H36Cl2N10. The molecule has 0 saturated heterocycles. The number of hydrogen-bond acceptors (Lipinski definition) is 10. The molecule has 8 aromatic rings. The molecule has 1 aliphatic rings. The first-order chi connectivity index (χ1) is 28.5. The molecular weight excluding hydrogens is 763 g/mol. The summed E-state index contributed by atoms with van der Waals surface area (Å²) in [5.74, 6) is 1.57. The number of aromatic nitrogens is 6. The second-order valence-corrected chi connectivity index (χ2v) is 14.4. The summed E-state index contributed by atoms with van der Waals surface area (Å²) in [5, 5.41) is 0.145. The van der Waals surface area contributed by atoms with Crippen molar-refractivity contribution in [2.45, 2.75) is 26.2 Å². The monoisotopic (exact) mass is 798 g/mol. The van der Waals surface area contributed by atoms with E-state index < -0.39 is 0 Å². The van der Waals surface area contributed by atoms with Crippen molar-refractivity contribution >= 4 is 69.7 Å². The third-order valence-electron chi connectivity index (χ3n) is 9.77. The van der Waals surface area contributed by atoms with Gasteiger partial charge in [-0.25, -0.2) is 0 Å². The topological polar surface area (TPSA) is 90.3 Å². The average molecular weight is 800 g/mol. The van der Waals surface area contributed by atoms with Gasteiger partial charge in [-0.05, 0) is 81.9 Å². The van der Waals surface area contributed by atoms with Crippen molar-refractivity contribution in [1.82, 2.24) is 29.9 Å². The van der Waals surface area contributed by atoms with Crippen LogP contribution < -0.4 is 19.6 Å². The lowest BCUT2D eigenvalue weighted by atomic mass is 10.1. The summed E-state index contributed by atoms with van der Waals surface area (Å²) in [6.45, 7) is 1.81. The standard InChI is InChI=1S/C46H36Cl2N10/c47-41-49-43-53-44(50-41)57(31-35-19-9-3-10-20-35)39-25-14-26-40(28-39)58(32-36-21-11-4-12-22-36)46-52-42(48)51-45(54-46)56(30-34-17-7-2-8-18-34)38-24-13-23-37(27-38)55(43)29-33-15-5-1-6-16-33/h1-28H,29-32H2. The molecule has 3 heterocycles. The molecule has 0 spiro atoms. The highest BCUT2D eigenvalue weighted by Crippen LogP contribution is 2.37. The number of nitrogens with zero attached hydrogens (tertiary/aromatic N) is 10. The quantitative estimate of drug-likeness (QED) is 0.148. The van der Waals surface area contributed by atoms with Crippen LogP contribution in [0.3, 0.4) is 0 Å². The van der Waals surface area contributed by atoms with Crippen LogP contribution in [0, 0.1) is 0 Å². The van der Waals surface area contributed by atoms with Crippen LogP contribution in [0.15, 0.2) is 170 Å². The molecule has 284 valence electrons. The summed E-state index contributed by atoms with van der Waals surface area (Å²) in [4.78, 5) is 37.6.